The van der Waals surface area contributed by atoms with Crippen molar-refractivity contribution in [1.29, 1.82) is 0 Å². The van der Waals surface area contributed by atoms with Crippen molar-refractivity contribution in [2.75, 3.05) is 0 Å². The van der Waals surface area contributed by atoms with Crippen LogP contribution in [-0.4, -0.2) is 16.9 Å². The number of hydrogen-bond acceptors (Lipinski definition) is 3. The molecular weight excluding hydrogens is 382 g/mol. The van der Waals surface area contributed by atoms with Crippen LogP contribution in [0.2, 0.25) is 5.02 Å². The van der Waals surface area contributed by atoms with Crippen molar-refractivity contribution in [2.24, 2.45) is 4.99 Å². The van der Waals surface area contributed by atoms with Gasteiger partial charge in [0.05, 0.1) is 12.3 Å². The van der Waals surface area contributed by atoms with Crippen LogP contribution >= 0.6 is 11.6 Å². The molecule has 0 aliphatic heterocycles. The van der Waals surface area contributed by atoms with E-state index >= 15 is 0 Å². The molecule has 3 aromatic rings. The van der Waals surface area contributed by atoms with Crippen molar-refractivity contribution >= 4 is 33.9 Å². The maximum atomic E-state index is 11.1. The Kier molecular flexibility index (Phi) is 5.52. The van der Waals surface area contributed by atoms with E-state index in [1.165, 1.54) is 0 Å². The first kappa shape index (κ1) is 19.4. The highest BCUT2D eigenvalue weighted by Gasteiger charge is 2.23. The molecule has 1 N–H and O–H groups in total. The number of fused-ring (bicyclic) bond motifs is 1. The van der Waals surface area contributed by atoms with Crippen LogP contribution in [0, 0.1) is 6.92 Å². The Morgan fingerprint density at radius 3 is 2.69 bits per heavy atom. The Morgan fingerprint density at radius 2 is 1.93 bits per heavy atom. The highest BCUT2D eigenvalue weighted by molar-refractivity contribution is 6.30. The molecule has 0 spiro atoms. The Bertz CT molecular complexity index is 1150. The summed E-state index contributed by atoms with van der Waals surface area (Å²) >= 11 is 5.96. The second kappa shape index (κ2) is 8.24. The second-order valence-corrected chi connectivity index (χ2v) is 7.63. The second-order valence-electron chi connectivity index (χ2n) is 7.19. The molecule has 2 aromatic carbocycles. The van der Waals surface area contributed by atoms with Gasteiger partial charge in [0.25, 0.3) is 0 Å². The third-order valence-corrected chi connectivity index (χ3v) is 5.21. The number of aliphatic hydroxyl groups is 1. The molecule has 0 amide bonds. The molecule has 1 aromatic heterocycles. The van der Waals surface area contributed by atoms with Gasteiger partial charge < -0.3 is 9.52 Å². The number of halogens is 1. The number of aliphatic imine (C=N–C) groups is 1. The van der Waals surface area contributed by atoms with E-state index in [2.05, 4.69) is 12.6 Å². The SMILES string of the molecule is C=CCC1=CC(=NCc2ccc(Cl)cc2)C(O)C(c2ccc3oc(C)cc3c2)=C1. The van der Waals surface area contributed by atoms with Crippen LogP contribution in [0.4, 0.5) is 0 Å². The fourth-order valence-electron chi connectivity index (χ4n) is 3.53. The summed E-state index contributed by atoms with van der Waals surface area (Å²) in [5, 5.41) is 12.8. The Labute approximate surface area is 175 Å². The van der Waals surface area contributed by atoms with Gasteiger partial charge in [-0.2, -0.15) is 0 Å². The van der Waals surface area contributed by atoms with Gasteiger partial charge >= 0.3 is 0 Å². The summed E-state index contributed by atoms with van der Waals surface area (Å²) in [5.41, 5.74) is 5.39. The van der Waals surface area contributed by atoms with E-state index in [4.69, 9.17) is 21.0 Å². The standard InChI is InChI=1S/C25H22ClNO2/c1-3-4-18-12-22(19-7-10-24-20(14-19)11-16(2)29-24)25(28)23(13-18)27-15-17-5-8-21(26)9-6-17/h3,5-14,25,28H,1,4,15H2,2H3. The lowest BCUT2D eigenvalue weighted by molar-refractivity contribution is 0.297. The molecule has 1 heterocycles. The van der Waals surface area contributed by atoms with Crippen LogP contribution in [0.1, 0.15) is 23.3 Å². The molecule has 0 fully saturated rings. The van der Waals surface area contributed by atoms with E-state index < -0.39 is 6.10 Å². The molecule has 4 rings (SSSR count). The molecular formula is C25H22ClNO2. The highest BCUT2D eigenvalue weighted by atomic mass is 35.5. The molecule has 1 atom stereocenters. The van der Waals surface area contributed by atoms with E-state index in [-0.39, 0.29) is 0 Å². The molecule has 1 unspecified atom stereocenters. The zero-order chi connectivity index (χ0) is 20.4. The predicted octanol–water partition coefficient (Wildman–Crippen LogP) is 6.30. The smallest absolute Gasteiger partial charge is 0.134 e. The Balaban J connectivity index is 1.68. The molecule has 0 saturated heterocycles. The number of nitrogens with zero attached hydrogens (tertiary/aromatic N) is 1. The number of furan rings is 1. The minimum absolute atomic E-state index is 0.481. The molecule has 29 heavy (non-hydrogen) atoms. The summed E-state index contributed by atoms with van der Waals surface area (Å²) < 4.78 is 5.67. The predicted molar refractivity (Wildman–Crippen MR) is 120 cm³/mol. The molecule has 0 saturated carbocycles. The third-order valence-electron chi connectivity index (χ3n) is 4.96. The van der Waals surface area contributed by atoms with Crippen LogP contribution in [-0.2, 0) is 6.54 Å². The lowest BCUT2D eigenvalue weighted by atomic mass is 9.88. The number of allylic oxidation sites excluding steroid dienone is 3. The number of aliphatic hydroxyl groups excluding tert-OH is 1. The lowest BCUT2D eigenvalue weighted by Gasteiger charge is -2.22. The molecule has 1 aliphatic rings. The first-order valence-corrected chi connectivity index (χ1v) is 9.92. The third kappa shape index (κ3) is 4.26. The average Bonchev–Trinajstić information content (AvgIpc) is 3.08. The van der Waals surface area contributed by atoms with Gasteiger partial charge in [-0.25, -0.2) is 0 Å². The van der Waals surface area contributed by atoms with Gasteiger partial charge in [0.2, 0.25) is 0 Å². The van der Waals surface area contributed by atoms with Crippen LogP contribution in [0.15, 0.2) is 88.3 Å². The van der Waals surface area contributed by atoms with Gasteiger partial charge in [0.15, 0.2) is 0 Å². The van der Waals surface area contributed by atoms with Crippen molar-refractivity contribution in [2.45, 2.75) is 26.0 Å². The van der Waals surface area contributed by atoms with Crippen LogP contribution < -0.4 is 0 Å². The first-order chi connectivity index (χ1) is 14.0. The summed E-state index contributed by atoms with van der Waals surface area (Å²) in [7, 11) is 0. The van der Waals surface area contributed by atoms with Crippen LogP contribution in [0.5, 0.6) is 0 Å². The topological polar surface area (TPSA) is 45.7 Å². The van der Waals surface area contributed by atoms with Gasteiger partial charge in [0.1, 0.15) is 17.4 Å². The van der Waals surface area contributed by atoms with E-state index in [1.807, 2.05) is 67.6 Å². The summed E-state index contributed by atoms with van der Waals surface area (Å²) in [4.78, 5) is 4.69. The normalized spacial score (nSPS) is 18.0. The Hall–Kier alpha value is -2.88. The zero-order valence-electron chi connectivity index (χ0n) is 16.2. The van der Waals surface area contributed by atoms with Crippen molar-refractivity contribution in [3.63, 3.8) is 0 Å². The monoisotopic (exact) mass is 403 g/mol. The number of hydrogen-bond donors (Lipinski definition) is 1. The van der Waals surface area contributed by atoms with E-state index in [1.54, 1.807) is 0 Å². The molecule has 0 radical (unpaired) electrons. The van der Waals surface area contributed by atoms with Crippen LogP contribution in [0.25, 0.3) is 16.5 Å². The molecule has 4 heteroatoms. The molecule has 3 nitrogen and oxygen atoms in total. The van der Waals surface area contributed by atoms with E-state index in [0.29, 0.717) is 23.7 Å². The lowest BCUT2D eigenvalue weighted by Crippen LogP contribution is -2.24. The maximum Gasteiger partial charge on any atom is 0.134 e. The van der Waals surface area contributed by atoms with Crippen molar-refractivity contribution in [1.82, 2.24) is 0 Å². The largest absolute Gasteiger partial charge is 0.461 e. The van der Waals surface area contributed by atoms with Crippen molar-refractivity contribution < 1.29 is 9.52 Å². The molecule has 0 bridgehead atoms. The van der Waals surface area contributed by atoms with Gasteiger partial charge in [-0.05, 0) is 72.0 Å². The minimum atomic E-state index is -0.790. The first-order valence-electron chi connectivity index (χ1n) is 9.54. The average molecular weight is 404 g/mol. The molecule has 1 aliphatic carbocycles. The number of aryl methyl sites for hydroxylation is 1. The summed E-state index contributed by atoms with van der Waals surface area (Å²) in [6.07, 6.45) is 5.76. The van der Waals surface area contributed by atoms with Crippen LogP contribution in [0.3, 0.4) is 0 Å². The van der Waals surface area contributed by atoms with Gasteiger partial charge in [-0.15, -0.1) is 6.58 Å². The minimum Gasteiger partial charge on any atom is -0.461 e. The fourth-order valence-corrected chi connectivity index (χ4v) is 3.66. The van der Waals surface area contributed by atoms with Gasteiger partial charge in [-0.3, -0.25) is 4.99 Å². The van der Waals surface area contributed by atoms with Crippen molar-refractivity contribution in [3.05, 3.63) is 101 Å². The summed E-state index contributed by atoms with van der Waals surface area (Å²) in [5.74, 6) is 0.868. The molecule has 146 valence electrons. The quantitative estimate of drug-likeness (QED) is 0.508. The van der Waals surface area contributed by atoms with E-state index in [0.717, 1.165) is 39.0 Å². The maximum absolute atomic E-state index is 11.1. The number of benzene rings is 2. The zero-order valence-corrected chi connectivity index (χ0v) is 17.0. The van der Waals surface area contributed by atoms with Crippen molar-refractivity contribution in [3.8, 4) is 0 Å². The van der Waals surface area contributed by atoms with Gasteiger partial charge in [0, 0.05) is 10.4 Å². The Morgan fingerprint density at radius 1 is 1.14 bits per heavy atom. The van der Waals surface area contributed by atoms with Gasteiger partial charge in [-0.1, -0.05) is 42.0 Å². The fraction of sp³-hybridized carbons (Fsp3) is 0.160. The summed E-state index contributed by atoms with van der Waals surface area (Å²) in [6, 6.07) is 15.6. The van der Waals surface area contributed by atoms with E-state index in [9.17, 15) is 5.11 Å². The summed E-state index contributed by atoms with van der Waals surface area (Å²) in [6.45, 7) is 6.26. The highest BCUT2D eigenvalue weighted by Crippen LogP contribution is 2.30. The number of rotatable bonds is 5.